The molecule has 0 atom stereocenters. The first-order chi connectivity index (χ1) is 4.95. The van der Waals surface area contributed by atoms with Gasteiger partial charge in [-0.3, -0.25) is 9.43 Å². The average molecular weight is 203 g/mol. The maximum Gasteiger partial charge on any atom is 0.143 e. The van der Waals surface area contributed by atoms with E-state index >= 15 is 0 Å². The monoisotopic (exact) mass is 203 g/mol. The minimum atomic E-state index is -0.296. The van der Waals surface area contributed by atoms with Gasteiger partial charge in [0.1, 0.15) is 26.9 Å². The van der Waals surface area contributed by atoms with Crippen LogP contribution < -0.4 is 5.09 Å². The van der Waals surface area contributed by atoms with Crippen LogP contribution in [0.5, 0.6) is 0 Å². The summed E-state index contributed by atoms with van der Waals surface area (Å²) in [5, 5.41) is 3.60. The molecule has 1 N–H and O–H groups in total. The Morgan fingerprint density at radius 2 is 1.18 bits per heavy atom. The molecule has 0 unspecified atom stereocenters. The number of nitrogens with one attached hydrogen (secondary N) is 1. The van der Waals surface area contributed by atoms with Crippen LogP contribution in [0.25, 0.3) is 0 Å². The third kappa shape index (κ3) is 4.91. The lowest BCUT2D eigenvalue weighted by atomic mass is 11.9. The van der Waals surface area contributed by atoms with E-state index in [0.717, 1.165) is 0 Å². The molecule has 0 aromatic heterocycles. The third-order valence-electron chi connectivity index (χ3n) is 1.23. The molecule has 0 aromatic carbocycles. The van der Waals surface area contributed by atoms with Crippen LogP contribution in [0.15, 0.2) is 0 Å². The Morgan fingerprint density at radius 3 is 1.27 bits per heavy atom. The standard InChI is InChI=1S/C6H19N2Si3/c1-9(2)7-8(10(3)4)11(5)6/h7H,1-6H3. The first kappa shape index (κ1) is 11.6. The van der Waals surface area contributed by atoms with Gasteiger partial charge in [-0.05, 0) is 0 Å². The third-order valence-corrected chi connectivity index (χ3v) is 7.04. The number of rotatable bonds is 4. The van der Waals surface area contributed by atoms with Gasteiger partial charge < -0.3 is 0 Å². The number of hydrazine groups is 1. The maximum absolute atomic E-state index is 3.60. The summed E-state index contributed by atoms with van der Waals surface area (Å²) in [6, 6.07) is 0. The van der Waals surface area contributed by atoms with Crippen LogP contribution in [0.2, 0.25) is 39.3 Å². The fourth-order valence-electron chi connectivity index (χ4n) is 0.894. The molecule has 0 saturated carbocycles. The molecule has 0 heterocycles. The molecule has 0 saturated heterocycles. The molecule has 0 fully saturated rings. The second kappa shape index (κ2) is 5.26. The zero-order valence-electron chi connectivity index (χ0n) is 8.45. The van der Waals surface area contributed by atoms with E-state index in [4.69, 9.17) is 0 Å². The zero-order valence-corrected chi connectivity index (χ0v) is 11.4. The molecule has 3 radical (unpaired) electrons. The quantitative estimate of drug-likeness (QED) is 0.551. The first-order valence-corrected chi connectivity index (χ1v) is 11.3. The van der Waals surface area contributed by atoms with Crippen LogP contribution in [0, 0.1) is 0 Å². The first-order valence-electron chi connectivity index (χ1n) is 3.92. The highest BCUT2D eigenvalue weighted by molar-refractivity contribution is 6.71. The average Bonchev–Trinajstić information content (AvgIpc) is 1.81. The number of nitrogens with zero attached hydrogens (tertiary/aromatic N) is 1. The Balaban J connectivity index is 3.90. The van der Waals surface area contributed by atoms with Crippen LogP contribution in [0.1, 0.15) is 0 Å². The summed E-state index contributed by atoms with van der Waals surface area (Å²) in [4.78, 5) is 0. The van der Waals surface area contributed by atoms with E-state index in [-0.39, 0.29) is 26.9 Å². The van der Waals surface area contributed by atoms with Crippen LogP contribution in [-0.2, 0) is 0 Å². The Morgan fingerprint density at radius 1 is 0.818 bits per heavy atom. The van der Waals surface area contributed by atoms with Crippen molar-refractivity contribution in [2.75, 3.05) is 0 Å². The molecule has 0 aromatic rings. The molecule has 65 valence electrons. The minimum absolute atomic E-state index is 0.275. The molecule has 0 aliphatic carbocycles. The summed E-state index contributed by atoms with van der Waals surface area (Å²) < 4.78 is 2.53. The van der Waals surface area contributed by atoms with E-state index in [1.165, 1.54) is 0 Å². The van der Waals surface area contributed by atoms with Crippen molar-refractivity contribution in [1.29, 1.82) is 0 Å². The zero-order chi connectivity index (χ0) is 9.02. The van der Waals surface area contributed by atoms with E-state index in [0.29, 0.717) is 0 Å². The highest BCUT2D eigenvalue weighted by Crippen LogP contribution is 1.95. The Labute approximate surface area is 76.0 Å². The van der Waals surface area contributed by atoms with Crippen molar-refractivity contribution in [2.24, 2.45) is 0 Å². The predicted molar refractivity (Wildman–Crippen MR) is 57.4 cm³/mol. The SMILES string of the molecule is C[Si](C)NN([Si](C)C)[Si](C)C. The molecule has 11 heavy (non-hydrogen) atoms. The molecular formula is C6H19N2Si3. The summed E-state index contributed by atoms with van der Waals surface area (Å²) in [7, 11) is -0.845. The predicted octanol–water partition coefficient (Wildman–Crippen LogP) is 1.55. The Hall–Kier alpha value is 0.571. The van der Waals surface area contributed by atoms with Crippen molar-refractivity contribution >= 4 is 26.9 Å². The molecule has 0 spiro atoms. The Kier molecular flexibility index (Phi) is 5.53. The van der Waals surface area contributed by atoms with Crippen LogP contribution in [-0.4, -0.2) is 31.2 Å². The van der Waals surface area contributed by atoms with Gasteiger partial charge in [0.25, 0.3) is 0 Å². The molecule has 0 aliphatic rings. The summed E-state index contributed by atoms with van der Waals surface area (Å²) in [6.07, 6.45) is 0. The Bertz CT molecular complexity index is 98.0. The van der Waals surface area contributed by atoms with E-state index in [1.54, 1.807) is 0 Å². The van der Waals surface area contributed by atoms with Gasteiger partial charge in [0.05, 0.1) is 0 Å². The highest BCUT2D eigenvalue weighted by Gasteiger charge is 2.16. The molecule has 2 nitrogen and oxygen atoms in total. The van der Waals surface area contributed by atoms with E-state index < -0.39 is 0 Å². The van der Waals surface area contributed by atoms with Gasteiger partial charge in [-0.1, -0.05) is 39.3 Å². The van der Waals surface area contributed by atoms with Gasteiger partial charge in [-0.25, -0.2) is 0 Å². The highest BCUT2D eigenvalue weighted by atomic mass is 28.4. The van der Waals surface area contributed by atoms with Crippen molar-refractivity contribution in [2.45, 2.75) is 39.3 Å². The van der Waals surface area contributed by atoms with Gasteiger partial charge in [-0.2, -0.15) is 0 Å². The molecule has 0 amide bonds. The minimum Gasteiger partial charge on any atom is -0.294 e. The van der Waals surface area contributed by atoms with Crippen LogP contribution in [0.3, 0.4) is 0 Å². The van der Waals surface area contributed by atoms with Gasteiger partial charge in [0, 0.05) is 0 Å². The van der Waals surface area contributed by atoms with Crippen molar-refractivity contribution in [3.63, 3.8) is 0 Å². The normalized spacial score (nSPS) is 12.5. The van der Waals surface area contributed by atoms with Gasteiger partial charge >= 0.3 is 0 Å². The lowest BCUT2D eigenvalue weighted by Gasteiger charge is -2.31. The van der Waals surface area contributed by atoms with E-state index in [9.17, 15) is 0 Å². The van der Waals surface area contributed by atoms with Gasteiger partial charge in [-0.15, -0.1) is 0 Å². The molecule has 0 aliphatic heterocycles. The van der Waals surface area contributed by atoms with E-state index in [1.807, 2.05) is 0 Å². The second-order valence-electron chi connectivity index (χ2n) is 3.34. The van der Waals surface area contributed by atoms with Gasteiger partial charge in [0.2, 0.25) is 0 Å². The van der Waals surface area contributed by atoms with Crippen molar-refractivity contribution < 1.29 is 0 Å². The smallest absolute Gasteiger partial charge is 0.143 e. The lowest BCUT2D eigenvalue weighted by molar-refractivity contribution is 0.608. The molecule has 5 heteroatoms. The maximum atomic E-state index is 3.60. The van der Waals surface area contributed by atoms with E-state index in [2.05, 4.69) is 48.7 Å². The van der Waals surface area contributed by atoms with Crippen molar-refractivity contribution in [3.05, 3.63) is 0 Å². The summed E-state index contributed by atoms with van der Waals surface area (Å²) in [5.41, 5.74) is 0. The second-order valence-corrected chi connectivity index (χ2v) is 10.7. The fraction of sp³-hybridized carbons (Fsp3) is 1.00. The topological polar surface area (TPSA) is 15.3 Å². The summed E-state index contributed by atoms with van der Waals surface area (Å²) in [6.45, 7) is 14.0. The fourth-order valence-corrected chi connectivity index (χ4v) is 8.05. The lowest BCUT2D eigenvalue weighted by Crippen LogP contribution is -2.56. The largest absolute Gasteiger partial charge is 0.294 e. The van der Waals surface area contributed by atoms with Crippen LogP contribution in [0.4, 0.5) is 0 Å². The molecule has 0 bridgehead atoms. The van der Waals surface area contributed by atoms with Crippen molar-refractivity contribution in [3.8, 4) is 0 Å². The van der Waals surface area contributed by atoms with Gasteiger partial charge in [0.15, 0.2) is 0 Å². The molecule has 0 rings (SSSR count). The molecular weight excluding hydrogens is 184 g/mol. The van der Waals surface area contributed by atoms with Crippen molar-refractivity contribution in [1.82, 2.24) is 9.43 Å². The number of hydrogen-bond donors (Lipinski definition) is 1. The number of hydrogen-bond acceptors (Lipinski definition) is 2. The van der Waals surface area contributed by atoms with Crippen LogP contribution >= 0.6 is 0 Å². The summed E-state index contributed by atoms with van der Waals surface area (Å²) in [5.74, 6) is 0. The summed E-state index contributed by atoms with van der Waals surface area (Å²) >= 11 is 0.